The second-order valence-corrected chi connectivity index (χ2v) is 7.29. The highest BCUT2D eigenvalue weighted by molar-refractivity contribution is 5.82. The van der Waals surface area contributed by atoms with Crippen molar-refractivity contribution >= 4 is 17.0 Å². The van der Waals surface area contributed by atoms with Crippen molar-refractivity contribution in [1.82, 2.24) is 14.6 Å². The minimum absolute atomic E-state index is 0.147. The molecule has 0 N–H and O–H groups in total. The van der Waals surface area contributed by atoms with Crippen molar-refractivity contribution in [1.29, 1.82) is 0 Å². The van der Waals surface area contributed by atoms with Gasteiger partial charge in [0.1, 0.15) is 17.5 Å². The van der Waals surface area contributed by atoms with Crippen molar-refractivity contribution in [2.24, 2.45) is 0 Å². The van der Waals surface area contributed by atoms with Crippen LogP contribution in [0.2, 0.25) is 0 Å². The fourth-order valence-corrected chi connectivity index (χ4v) is 3.56. The molecular weight excluding hydrogens is 382 g/mol. The Balaban J connectivity index is 1.36. The number of amides is 1. The molecule has 0 spiro atoms. The highest BCUT2D eigenvalue weighted by Gasteiger charge is 2.23. The molecule has 154 valence electrons. The lowest BCUT2D eigenvalue weighted by atomic mass is 10.1. The van der Waals surface area contributed by atoms with E-state index in [-0.39, 0.29) is 5.91 Å². The van der Waals surface area contributed by atoms with E-state index in [2.05, 4.69) is 5.16 Å². The minimum Gasteiger partial charge on any atom is -0.408 e. The maximum absolute atomic E-state index is 12.9. The van der Waals surface area contributed by atoms with E-state index in [4.69, 9.17) is 8.94 Å². The number of hydrogen-bond acceptors (Lipinski definition) is 5. The molecule has 2 aromatic heterocycles. The maximum atomic E-state index is 12.9. The Kier molecular flexibility index (Phi) is 5.52. The summed E-state index contributed by atoms with van der Waals surface area (Å²) >= 11 is 0. The number of nitrogens with zero attached hydrogens (tertiary/aromatic N) is 3. The zero-order valence-electron chi connectivity index (χ0n) is 16.9. The molecule has 0 aliphatic heterocycles. The molecule has 0 aliphatic carbocycles. The lowest BCUT2D eigenvalue weighted by molar-refractivity contribution is -0.133. The van der Waals surface area contributed by atoms with Crippen LogP contribution >= 0.6 is 0 Å². The topological polar surface area (TPSA) is 81.5 Å². The van der Waals surface area contributed by atoms with Gasteiger partial charge in [-0.2, -0.15) is 0 Å². The minimum atomic E-state index is -0.652. The summed E-state index contributed by atoms with van der Waals surface area (Å²) in [6, 6.07) is 18.2. The molecule has 7 nitrogen and oxygen atoms in total. The van der Waals surface area contributed by atoms with Crippen LogP contribution < -0.4 is 5.76 Å². The molecule has 1 amide bonds. The van der Waals surface area contributed by atoms with Gasteiger partial charge in [0, 0.05) is 31.6 Å². The Morgan fingerprint density at radius 3 is 2.67 bits per heavy atom. The molecule has 4 rings (SSSR count). The second kappa shape index (κ2) is 8.41. The molecule has 2 heterocycles. The first-order valence-electron chi connectivity index (χ1n) is 9.90. The van der Waals surface area contributed by atoms with Gasteiger partial charge in [-0.25, -0.2) is 4.79 Å². The monoisotopic (exact) mass is 405 g/mol. The fourth-order valence-electron chi connectivity index (χ4n) is 3.56. The molecule has 1 atom stereocenters. The summed E-state index contributed by atoms with van der Waals surface area (Å²) in [5, 5.41) is 4.12. The van der Waals surface area contributed by atoms with Crippen molar-refractivity contribution in [3.63, 3.8) is 0 Å². The molecule has 30 heavy (non-hydrogen) atoms. The number of aryl methyl sites for hydroxylation is 1. The van der Waals surface area contributed by atoms with E-state index in [1.54, 1.807) is 37.1 Å². The number of benzene rings is 2. The summed E-state index contributed by atoms with van der Waals surface area (Å²) in [6.07, 6.45) is 1.39. The van der Waals surface area contributed by atoms with E-state index in [1.807, 2.05) is 42.5 Å². The molecule has 0 saturated heterocycles. The van der Waals surface area contributed by atoms with E-state index in [0.717, 1.165) is 23.4 Å². The van der Waals surface area contributed by atoms with Crippen LogP contribution in [0, 0.1) is 0 Å². The average molecular weight is 405 g/mol. The summed E-state index contributed by atoms with van der Waals surface area (Å²) in [7, 11) is 1.74. The summed E-state index contributed by atoms with van der Waals surface area (Å²) in [4.78, 5) is 26.7. The molecule has 0 fully saturated rings. The largest absolute Gasteiger partial charge is 0.420 e. The summed E-state index contributed by atoms with van der Waals surface area (Å²) < 4.78 is 12.1. The third-order valence-electron chi connectivity index (χ3n) is 5.18. The van der Waals surface area contributed by atoms with Gasteiger partial charge in [0.25, 0.3) is 0 Å². The lowest BCUT2D eigenvalue weighted by Gasteiger charge is -2.21. The number of para-hydroxylation sites is 2. The maximum Gasteiger partial charge on any atom is 0.420 e. The molecule has 0 saturated carbocycles. The van der Waals surface area contributed by atoms with Gasteiger partial charge in [-0.1, -0.05) is 47.6 Å². The number of carbonyl (C=O) groups excluding carboxylic acids is 1. The second-order valence-electron chi connectivity index (χ2n) is 7.29. The first-order valence-corrected chi connectivity index (χ1v) is 9.90. The van der Waals surface area contributed by atoms with E-state index in [1.165, 1.54) is 4.57 Å². The van der Waals surface area contributed by atoms with Gasteiger partial charge in [0.05, 0.1) is 5.52 Å². The molecule has 7 heteroatoms. The smallest absolute Gasteiger partial charge is 0.408 e. The van der Waals surface area contributed by atoms with Crippen LogP contribution in [0.4, 0.5) is 0 Å². The van der Waals surface area contributed by atoms with Crippen molar-refractivity contribution in [3.05, 3.63) is 77.0 Å². The Morgan fingerprint density at radius 2 is 1.87 bits per heavy atom. The predicted octanol–water partition coefficient (Wildman–Crippen LogP) is 3.90. The molecule has 2 aromatic carbocycles. The number of hydrogen-bond donors (Lipinski definition) is 0. The summed E-state index contributed by atoms with van der Waals surface area (Å²) in [5.74, 6) is 0.103. The quantitative estimate of drug-likeness (QED) is 0.466. The first kappa shape index (κ1) is 19.7. The average Bonchev–Trinajstić information content (AvgIpc) is 3.37. The van der Waals surface area contributed by atoms with E-state index in [0.29, 0.717) is 24.1 Å². The summed E-state index contributed by atoms with van der Waals surface area (Å²) in [6.45, 7) is 2.25. The van der Waals surface area contributed by atoms with Crippen molar-refractivity contribution in [2.45, 2.75) is 25.8 Å². The fraction of sp³-hybridized carbons (Fsp3) is 0.261. The van der Waals surface area contributed by atoms with E-state index in [9.17, 15) is 9.59 Å². The molecular formula is C23H23N3O4. The number of rotatable bonds is 7. The number of fused-ring (bicyclic) bond motifs is 1. The molecule has 0 bridgehead atoms. The SMILES string of the molecule is CC(C(=O)N(C)CCCc1cc(-c2ccccc2)no1)n1c(=O)oc2ccccc21. The number of oxazole rings is 1. The lowest BCUT2D eigenvalue weighted by Crippen LogP contribution is -2.36. The van der Waals surface area contributed by atoms with Crippen LogP contribution in [0.15, 0.2) is 74.4 Å². The van der Waals surface area contributed by atoms with E-state index < -0.39 is 11.8 Å². The van der Waals surface area contributed by atoms with Crippen LogP contribution in [0.5, 0.6) is 0 Å². The number of aromatic nitrogens is 2. The van der Waals surface area contributed by atoms with Gasteiger partial charge in [0.2, 0.25) is 5.91 Å². The summed E-state index contributed by atoms with van der Waals surface area (Å²) in [5.41, 5.74) is 2.90. The van der Waals surface area contributed by atoms with Gasteiger partial charge in [-0.3, -0.25) is 9.36 Å². The normalized spacial score (nSPS) is 12.2. The van der Waals surface area contributed by atoms with E-state index >= 15 is 0 Å². The first-order chi connectivity index (χ1) is 14.5. The third-order valence-corrected chi connectivity index (χ3v) is 5.18. The van der Waals surface area contributed by atoms with Gasteiger partial charge in [-0.15, -0.1) is 0 Å². The number of carbonyl (C=O) groups is 1. The Hall–Kier alpha value is -3.61. The highest BCUT2D eigenvalue weighted by atomic mass is 16.5. The number of likely N-dealkylation sites (N-methyl/N-ethyl adjacent to an activating group) is 1. The Labute approximate surface area is 173 Å². The molecule has 1 unspecified atom stereocenters. The van der Waals surface area contributed by atoms with Crippen molar-refractivity contribution < 1.29 is 13.7 Å². The van der Waals surface area contributed by atoms with Crippen LogP contribution in [-0.4, -0.2) is 34.1 Å². The molecule has 0 aliphatic rings. The zero-order chi connectivity index (χ0) is 21.1. The Morgan fingerprint density at radius 1 is 1.13 bits per heavy atom. The van der Waals surface area contributed by atoms with Crippen molar-refractivity contribution in [2.75, 3.05) is 13.6 Å². The third kappa shape index (κ3) is 3.91. The standard InChI is InChI=1S/C23H23N3O4/c1-16(26-20-12-6-7-13-21(20)29-23(26)28)22(27)25(2)14-8-11-18-15-19(24-30-18)17-9-4-3-5-10-17/h3-7,9-10,12-13,15-16H,8,11,14H2,1-2H3. The van der Waals surface area contributed by atoms with Crippen LogP contribution in [0.25, 0.3) is 22.4 Å². The van der Waals surface area contributed by atoms with Crippen LogP contribution in [0.1, 0.15) is 25.1 Å². The van der Waals surface area contributed by atoms with Gasteiger partial charge >= 0.3 is 5.76 Å². The van der Waals surface area contributed by atoms with Crippen LogP contribution in [0.3, 0.4) is 0 Å². The highest BCUT2D eigenvalue weighted by Crippen LogP contribution is 2.20. The zero-order valence-corrected chi connectivity index (χ0v) is 16.9. The van der Waals surface area contributed by atoms with Crippen molar-refractivity contribution in [3.8, 4) is 11.3 Å². The van der Waals surface area contributed by atoms with Gasteiger partial charge in [-0.05, 0) is 25.5 Å². The van der Waals surface area contributed by atoms with Gasteiger partial charge < -0.3 is 13.8 Å². The Bertz CT molecular complexity index is 1210. The predicted molar refractivity (Wildman–Crippen MR) is 113 cm³/mol. The van der Waals surface area contributed by atoms with Gasteiger partial charge in [0.15, 0.2) is 5.58 Å². The molecule has 4 aromatic rings. The van der Waals surface area contributed by atoms with Crippen LogP contribution in [-0.2, 0) is 11.2 Å². The molecule has 0 radical (unpaired) electrons.